The zero-order chi connectivity index (χ0) is 12.8. The van der Waals surface area contributed by atoms with Crippen molar-refractivity contribution in [2.45, 2.75) is 33.4 Å². The highest BCUT2D eigenvalue weighted by Crippen LogP contribution is 2.08. The highest BCUT2D eigenvalue weighted by Gasteiger charge is 2.05. The molecule has 2 aromatic heterocycles. The SMILES string of the molecule is CCCNCc1cccnc1Cn1ccnc1C. The Balaban J connectivity index is 2.10. The molecule has 1 N–H and O–H groups in total. The van der Waals surface area contributed by atoms with Crippen LogP contribution >= 0.6 is 0 Å². The zero-order valence-corrected chi connectivity index (χ0v) is 11.1. The third-order valence-electron chi connectivity index (χ3n) is 2.97. The molecule has 0 bridgehead atoms. The van der Waals surface area contributed by atoms with Crippen molar-refractivity contribution in [2.75, 3.05) is 6.54 Å². The second-order valence-electron chi connectivity index (χ2n) is 4.39. The molecule has 4 heteroatoms. The number of nitrogens with zero attached hydrogens (tertiary/aromatic N) is 3. The molecule has 0 aromatic carbocycles. The zero-order valence-electron chi connectivity index (χ0n) is 11.1. The van der Waals surface area contributed by atoms with Crippen molar-refractivity contribution in [2.24, 2.45) is 0 Å². The van der Waals surface area contributed by atoms with E-state index in [1.165, 1.54) is 5.56 Å². The van der Waals surface area contributed by atoms with Gasteiger partial charge in [0.1, 0.15) is 5.82 Å². The maximum atomic E-state index is 4.48. The number of pyridine rings is 1. The van der Waals surface area contributed by atoms with Crippen molar-refractivity contribution in [3.63, 3.8) is 0 Å². The molecule has 0 atom stereocenters. The van der Waals surface area contributed by atoms with Gasteiger partial charge >= 0.3 is 0 Å². The number of imidazole rings is 1. The van der Waals surface area contributed by atoms with Crippen LogP contribution in [0.15, 0.2) is 30.7 Å². The number of rotatable bonds is 6. The van der Waals surface area contributed by atoms with Crippen LogP contribution in [0, 0.1) is 6.92 Å². The number of aromatic nitrogens is 3. The monoisotopic (exact) mass is 244 g/mol. The van der Waals surface area contributed by atoms with Gasteiger partial charge in [-0.05, 0) is 31.5 Å². The summed E-state index contributed by atoms with van der Waals surface area (Å²) in [5, 5.41) is 3.42. The molecule has 0 aliphatic carbocycles. The van der Waals surface area contributed by atoms with E-state index < -0.39 is 0 Å². The van der Waals surface area contributed by atoms with E-state index in [1.807, 2.05) is 31.6 Å². The van der Waals surface area contributed by atoms with Gasteiger partial charge in [-0.2, -0.15) is 0 Å². The van der Waals surface area contributed by atoms with Crippen LogP contribution in [-0.4, -0.2) is 21.1 Å². The van der Waals surface area contributed by atoms with E-state index in [9.17, 15) is 0 Å². The first kappa shape index (κ1) is 12.8. The topological polar surface area (TPSA) is 42.7 Å². The molecule has 0 amide bonds. The van der Waals surface area contributed by atoms with Gasteiger partial charge in [-0.15, -0.1) is 0 Å². The molecule has 18 heavy (non-hydrogen) atoms. The Labute approximate surface area is 108 Å². The second kappa shape index (κ2) is 6.31. The van der Waals surface area contributed by atoms with Crippen LogP contribution in [-0.2, 0) is 13.1 Å². The third kappa shape index (κ3) is 3.17. The smallest absolute Gasteiger partial charge is 0.105 e. The average Bonchev–Trinajstić information content (AvgIpc) is 2.78. The maximum absolute atomic E-state index is 4.48. The minimum Gasteiger partial charge on any atom is -0.329 e. The van der Waals surface area contributed by atoms with Gasteiger partial charge in [0.15, 0.2) is 0 Å². The van der Waals surface area contributed by atoms with Gasteiger partial charge in [0, 0.05) is 25.1 Å². The summed E-state index contributed by atoms with van der Waals surface area (Å²) in [7, 11) is 0. The van der Waals surface area contributed by atoms with Gasteiger partial charge in [0.2, 0.25) is 0 Å². The summed E-state index contributed by atoms with van der Waals surface area (Å²) in [6, 6.07) is 4.13. The van der Waals surface area contributed by atoms with Crippen LogP contribution in [0.4, 0.5) is 0 Å². The largest absolute Gasteiger partial charge is 0.329 e. The molecule has 96 valence electrons. The minimum absolute atomic E-state index is 0.788. The van der Waals surface area contributed by atoms with Crippen molar-refractivity contribution < 1.29 is 0 Å². The Kier molecular flexibility index (Phi) is 4.47. The van der Waals surface area contributed by atoms with E-state index in [4.69, 9.17) is 0 Å². The van der Waals surface area contributed by atoms with E-state index in [0.717, 1.165) is 37.6 Å². The van der Waals surface area contributed by atoms with Gasteiger partial charge < -0.3 is 9.88 Å². The van der Waals surface area contributed by atoms with Crippen LogP contribution in [0.25, 0.3) is 0 Å². The van der Waals surface area contributed by atoms with Crippen molar-refractivity contribution >= 4 is 0 Å². The summed E-state index contributed by atoms with van der Waals surface area (Å²) < 4.78 is 2.12. The normalized spacial score (nSPS) is 10.8. The molecule has 2 rings (SSSR count). The number of hydrogen-bond donors (Lipinski definition) is 1. The predicted molar refractivity (Wildman–Crippen MR) is 72.3 cm³/mol. The fourth-order valence-corrected chi connectivity index (χ4v) is 1.91. The van der Waals surface area contributed by atoms with Crippen LogP contribution in [0.5, 0.6) is 0 Å². The number of nitrogens with one attached hydrogen (secondary N) is 1. The molecule has 2 aromatic rings. The average molecular weight is 244 g/mol. The Morgan fingerprint density at radius 1 is 1.28 bits per heavy atom. The van der Waals surface area contributed by atoms with Crippen LogP contribution in [0.2, 0.25) is 0 Å². The molecule has 2 heterocycles. The summed E-state index contributed by atoms with van der Waals surface area (Å²) in [6.45, 7) is 6.89. The summed E-state index contributed by atoms with van der Waals surface area (Å²) in [5.41, 5.74) is 2.38. The van der Waals surface area contributed by atoms with Crippen molar-refractivity contribution in [3.05, 3.63) is 47.8 Å². The summed E-state index contributed by atoms with van der Waals surface area (Å²) in [6.07, 6.45) is 6.82. The Hall–Kier alpha value is -1.68. The summed E-state index contributed by atoms with van der Waals surface area (Å²) in [5.74, 6) is 1.02. The first-order valence-corrected chi connectivity index (χ1v) is 6.42. The molecule has 4 nitrogen and oxygen atoms in total. The molecule has 0 saturated carbocycles. The van der Waals surface area contributed by atoms with Gasteiger partial charge in [0.25, 0.3) is 0 Å². The highest BCUT2D eigenvalue weighted by molar-refractivity contribution is 5.20. The molecule has 0 aliphatic heterocycles. The Morgan fingerprint density at radius 3 is 2.89 bits per heavy atom. The lowest BCUT2D eigenvalue weighted by molar-refractivity contribution is 0.657. The molecular formula is C14H20N4. The van der Waals surface area contributed by atoms with Crippen LogP contribution < -0.4 is 5.32 Å². The first-order chi connectivity index (χ1) is 8.81. The molecule has 0 spiro atoms. The van der Waals surface area contributed by atoms with Crippen molar-refractivity contribution in [1.82, 2.24) is 19.9 Å². The van der Waals surface area contributed by atoms with Crippen molar-refractivity contribution in [3.8, 4) is 0 Å². The third-order valence-corrected chi connectivity index (χ3v) is 2.97. The molecule has 0 fully saturated rings. The highest BCUT2D eigenvalue weighted by atomic mass is 15.1. The van der Waals surface area contributed by atoms with E-state index >= 15 is 0 Å². The fourth-order valence-electron chi connectivity index (χ4n) is 1.91. The lowest BCUT2D eigenvalue weighted by Crippen LogP contribution is -2.16. The minimum atomic E-state index is 0.788. The molecule has 0 aliphatic rings. The van der Waals surface area contributed by atoms with E-state index in [2.05, 4.69) is 32.8 Å². The lowest BCUT2D eigenvalue weighted by Gasteiger charge is -2.10. The first-order valence-electron chi connectivity index (χ1n) is 6.42. The molecule has 0 saturated heterocycles. The summed E-state index contributed by atoms with van der Waals surface area (Å²) >= 11 is 0. The van der Waals surface area contributed by atoms with E-state index in [0.29, 0.717) is 0 Å². The summed E-state index contributed by atoms with van der Waals surface area (Å²) in [4.78, 5) is 8.72. The standard InChI is InChI=1S/C14H20N4/c1-3-6-15-10-13-5-4-7-17-14(13)11-18-9-8-16-12(18)2/h4-5,7-9,15H,3,6,10-11H2,1-2H3. The number of aryl methyl sites for hydroxylation is 1. The van der Waals surface area contributed by atoms with Gasteiger partial charge in [0.05, 0.1) is 12.2 Å². The quantitative estimate of drug-likeness (QED) is 0.792. The van der Waals surface area contributed by atoms with Gasteiger partial charge in [-0.1, -0.05) is 13.0 Å². The molecule has 0 unspecified atom stereocenters. The van der Waals surface area contributed by atoms with Gasteiger partial charge in [-0.3, -0.25) is 4.98 Å². The Bertz CT molecular complexity index is 490. The molecule has 0 radical (unpaired) electrons. The second-order valence-corrected chi connectivity index (χ2v) is 4.39. The van der Waals surface area contributed by atoms with Crippen LogP contribution in [0.1, 0.15) is 30.4 Å². The maximum Gasteiger partial charge on any atom is 0.105 e. The number of hydrogen-bond acceptors (Lipinski definition) is 3. The predicted octanol–water partition coefficient (Wildman–Crippen LogP) is 2.13. The van der Waals surface area contributed by atoms with Gasteiger partial charge in [-0.25, -0.2) is 4.98 Å². The Morgan fingerprint density at radius 2 is 2.17 bits per heavy atom. The van der Waals surface area contributed by atoms with Crippen LogP contribution in [0.3, 0.4) is 0 Å². The van der Waals surface area contributed by atoms with Crippen molar-refractivity contribution in [1.29, 1.82) is 0 Å². The fraction of sp³-hybridized carbons (Fsp3) is 0.429. The van der Waals surface area contributed by atoms with E-state index in [-0.39, 0.29) is 0 Å². The van der Waals surface area contributed by atoms with E-state index in [1.54, 1.807) is 0 Å². The lowest BCUT2D eigenvalue weighted by atomic mass is 10.2. The molecular weight excluding hydrogens is 224 g/mol.